The summed E-state index contributed by atoms with van der Waals surface area (Å²) < 4.78 is 22.2. The lowest BCUT2D eigenvalue weighted by Crippen LogP contribution is -2.45. The van der Waals surface area contributed by atoms with Crippen LogP contribution < -0.4 is 11.1 Å². The minimum atomic E-state index is -4.35. The Hall–Kier alpha value is -1.54. The van der Waals surface area contributed by atoms with Gasteiger partial charge in [-0.1, -0.05) is 197 Å². The first-order valence-corrected chi connectivity index (χ1v) is 24.8. The van der Waals surface area contributed by atoms with Gasteiger partial charge in [0.05, 0.1) is 25.4 Å². The molecule has 3 atom stereocenters. The van der Waals surface area contributed by atoms with Gasteiger partial charge in [0.2, 0.25) is 5.91 Å². The lowest BCUT2D eigenvalue weighted by Gasteiger charge is -2.23. The Morgan fingerprint density at radius 3 is 1.46 bits per heavy atom. The SMILES string of the molecule is CCCCC/C=C\C/C=C\C/C=C\CCCCCCCCC(=O)NC(COP(=O)(O)OCCN)C(O)/C=C/CCCCCCCCCCCCCCCCCC. The number of amides is 1. The van der Waals surface area contributed by atoms with Gasteiger partial charge < -0.3 is 21.1 Å². The molecule has 8 nitrogen and oxygen atoms in total. The molecule has 0 fully saturated rings. The van der Waals surface area contributed by atoms with Crippen LogP contribution in [0.5, 0.6) is 0 Å². The molecule has 5 N–H and O–H groups in total. The van der Waals surface area contributed by atoms with Crippen LogP contribution in [0, 0.1) is 0 Å². The number of phosphoric acid groups is 1. The topological polar surface area (TPSA) is 131 Å². The van der Waals surface area contributed by atoms with Crippen LogP contribution >= 0.6 is 7.82 Å². The minimum absolute atomic E-state index is 0.0748. The van der Waals surface area contributed by atoms with E-state index in [1.165, 1.54) is 128 Å². The highest BCUT2D eigenvalue weighted by atomic mass is 31.2. The number of carbonyl (C=O) groups excluding carboxylic acids is 1. The molecule has 0 aliphatic rings. The van der Waals surface area contributed by atoms with Crippen molar-refractivity contribution >= 4 is 13.7 Å². The molecule has 0 saturated heterocycles. The van der Waals surface area contributed by atoms with Crippen LogP contribution in [0.1, 0.15) is 213 Å². The summed E-state index contributed by atoms with van der Waals surface area (Å²) in [6, 6.07) is -0.868. The van der Waals surface area contributed by atoms with E-state index in [2.05, 4.69) is 55.6 Å². The van der Waals surface area contributed by atoms with Crippen molar-refractivity contribution in [2.75, 3.05) is 19.8 Å². The highest BCUT2D eigenvalue weighted by Crippen LogP contribution is 2.43. The predicted molar refractivity (Wildman–Crippen MR) is 240 cm³/mol. The number of carbonyl (C=O) groups is 1. The number of phosphoric ester groups is 1. The second-order valence-corrected chi connectivity index (χ2v) is 17.1. The molecule has 3 unspecified atom stereocenters. The van der Waals surface area contributed by atoms with Crippen molar-refractivity contribution in [1.82, 2.24) is 5.32 Å². The molecule has 0 rings (SSSR count). The summed E-state index contributed by atoms with van der Waals surface area (Å²) in [5.74, 6) is -0.207. The van der Waals surface area contributed by atoms with Crippen LogP contribution in [-0.4, -0.2) is 47.8 Å². The van der Waals surface area contributed by atoms with Gasteiger partial charge in [-0.05, 0) is 57.8 Å². The number of aliphatic hydroxyl groups is 1. The molecule has 0 bridgehead atoms. The molecule has 0 heterocycles. The monoisotopic (exact) mass is 809 g/mol. The van der Waals surface area contributed by atoms with E-state index >= 15 is 0 Å². The summed E-state index contributed by atoms with van der Waals surface area (Å²) in [5, 5.41) is 13.7. The average Bonchev–Trinajstić information content (AvgIpc) is 3.19. The number of nitrogens with one attached hydrogen (secondary N) is 1. The average molecular weight is 809 g/mol. The maximum Gasteiger partial charge on any atom is 0.472 e. The summed E-state index contributed by atoms with van der Waals surface area (Å²) in [6.45, 7) is 4.11. The van der Waals surface area contributed by atoms with Crippen molar-refractivity contribution in [3.63, 3.8) is 0 Å². The van der Waals surface area contributed by atoms with E-state index in [0.717, 1.165) is 64.2 Å². The molecule has 9 heteroatoms. The van der Waals surface area contributed by atoms with E-state index in [4.69, 9.17) is 14.8 Å². The Bertz CT molecular complexity index is 1020. The largest absolute Gasteiger partial charge is 0.472 e. The summed E-state index contributed by atoms with van der Waals surface area (Å²) in [5.41, 5.74) is 5.38. The van der Waals surface area contributed by atoms with Gasteiger partial charge in [-0.2, -0.15) is 0 Å². The third-order valence-electron chi connectivity index (χ3n) is 10.1. The zero-order valence-electron chi connectivity index (χ0n) is 36.4. The van der Waals surface area contributed by atoms with Crippen molar-refractivity contribution in [2.24, 2.45) is 5.73 Å². The molecular weight excluding hydrogens is 719 g/mol. The summed E-state index contributed by atoms with van der Waals surface area (Å²) in [6.07, 6.45) is 53.0. The molecule has 0 aliphatic heterocycles. The minimum Gasteiger partial charge on any atom is -0.387 e. The number of rotatable bonds is 43. The summed E-state index contributed by atoms with van der Waals surface area (Å²) in [7, 11) is -4.35. The van der Waals surface area contributed by atoms with Crippen LogP contribution in [-0.2, 0) is 18.4 Å². The Morgan fingerprint density at radius 1 is 0.589 bits per heavy atom. The van der Waals surface area contributed by atoms with Gasteiger partial charge in [0.1, 0.15) is 0 Å². The number of hydrogen-bond donors (Lipinski definition) is 4. The molecule has 0 radical (unpaired) electrons. The number of aliphatic hydroxyl groups excluding tert-OH is 1. The normalized spacial score (nSPS) is 14.4. The van der Waals surface area contributed by atoms with E-state index in [9.17, 15) is 19.4 Å². The van der Waals surface area contributed by atoms with E-state index in [0.29, 0.717) is 6.42 Å². The number of unbranched alkanes of at least 4 members (excludes halogenated alkanes) is 25. The smallest absolute Gasteiger partial charge is 0.387 e. The van der Waals surface area contributed by atoms with E-state index < -0.39 is 20.0 Å². The van der Waals surface area contributed by atoms with Gasteiger partial charge in [-0.3, -0.25) is 13.8 Å². The lowest BCUT2D eigenvalue weighted by atomic mass is 10.0. The van der Waals surface area contributed by atoms with E-state index in [-0.39, 0.29) is 25.7 Å². The van der Waals surface area contributed by atoms with Gasteiger partial charge >= 0.3 is 7.82 Å². The number of allylic oxidation sites excluding steroid dienone is 7. The first-order chi connectivity index (χ1) is 27.4. The molecular formula is C47H89N2O6P. The Morgan fingerprint density at radius 2 is 0.982 bits per heavy atom. The molecule has 1 amide bonds. The second-order valence-electron chi connectivity index (χ2n) is 15.6. The van der Waals surface area contributed by atoms with Crippen molar-refractivity contribution in [3.05, 3.63) is 48.6 Å². The van der Waals surface area contributed by atoms with Crippen LogP contribution in [0.25, 0.3) is 0 Å². The molecule has 0 aromatic rings. The third-order valence-corrected chi connectivity index (χ3v) is 11.1. The predicted octanol–water partition coefficient (Wildman–Crippen LogP) is 13.3. The fourth-order valence-corrected chi connectivity index (χ4v) is 7.37. The Labute approximate surface area is 345 Å². The van der Waals surface area contributed by atoms with Crippen molar-refractivity contribution in [1.29, 1.82) is 0 Å². The van der Waals surface area contributed by atoms with Crippen molar-refractivity contribution in [2.45, 2.75) is 225 Å². The van der Waals surface area contributed by atoms with Crippen molar-refractivity contribution in [3.8, 4) is 0 Å². The Kier molecular flexibility index (Phi) is 41.9. The molecule has 328 valence electrons. The van der Waals surface area contributed by atoms with Crippen LogP contribution in [0.4, 0.5) is 0 Å². The standard InChI is InChI=1S/C47H89N2O6P/c1-3-5-7-9-11-13-15-17-19-21-23-25-27-29-31-33-35-37-39-41-47(51)49-45(44-55-56(52,53)54-43-42-48)46(50)40-38-36-34-32-30-28-26-24-22-20-18-16-14-12-10-8-6-4-2/h11,13,17,19,23,25,38,40,45-46,50H,3-10,12,14-16,18,20-22,24,26-37,39,41-44,48H2,1-2H3,(H,49,51)(H,52,53)/b13-11-,19-17-,25-23-,40-38+. The Balaban J connectivity index is 4.21. The highest BCUT2D eigenvalue weighted by Gasteiger charge is 2.26. The fourth-order valence-electron chi connectivity index (χ4n) is 6.61. The lowest BCUT2D eigenvalue weighted by molar-refractivity contribution is -0.123. The number of nitrogens with two attached hydrogens (primary N) is 1. The zero-order chi connectivity index (χ0) is 41.1. The highest BCUT2D eigenvalue weighted by molar-refractivity contribution is 7.47. The first kappa shape index (κ1) is 54.5. The van der Waals surface area contributed by atoms with Gasteiger partial charge in [0, 0.05) is 13.0 Å². The molecule has 0 aromatic heterocycles. The van der Waals surface area contributed by atoms with Gasteiger partial charge in [0.25, 0.3) is 0 Å². The first-order valence-electron chi connectivity index (χ1n) is 23.3. The quantitative estimate of drug-likeness (QED) is 0.0274. The molecule has 0 aromatic carbocycles. The van der Waals surface area contributed by atoms with Crippen molar-refractivity contribution < 1.29 is 28.4 Å². The molecule has 56 heavy (non-hydrogen) atoms. The summed E-state index contributed by atoms with van der Waals surface area (Å²) in [4.78, 5) is 22.7. The molecule has 0 spiro atoms. The fraction of sp³-hybridized carbons (Fsp3) is 0.809. The molecule has 0 aliphatic carbocycles. The second kappa shape index (κ2) is 43.0. The maximum absolute atomic E-state index is 12.8. The van der Waals surface area contributed by atoms with E-state index in [1.807, 2.05) is 6.08 Å². The third kappa shape index (κ3) is 40.6. The zero-order valence-corrected chi connectivity index (χ0v) is 37.3. The van der Waals surface area contributed by atoms with Gasteiger partial charge in [0.15, 0.2) is 0 Å². The van der Waals surface area contributed by atoms with Crippen LogP contribution in [0.2, 0.25) is 0 Å². The van der Waals surface area contributed by atoms with E-state index in [1.54, 1.807) is 6.08 Å². The molecule has 0 saturated carbocycles. The summed E-state index contributed by atoms with van der Waals surface area (Å²) >= 11 is 0. The van der Waals surface area contributed by atoms with Crippen LogP contribution in [0.15, 0.2) is 48.6 Å². The number of hydrogen-bond acceptors (Lipinski definition) is 6. The van der Waals surface area contributed by atoms with Crippen LogP contribution in [0.3, 0.4) is 0 Å². The van der Waals surface area contributed by atoms with Gasteiger partial charge in [-0.15, -0.1) is 0 Å². The van der Waals surface area contributed by atoms with Gasteiger partial charge in [-0.25, -0.2) is 4.57 Å². The maximum atomic E-state index is 12.8.